The maximum Gasteiger partial charge on any atom is 0.289 e. The highest BCUT2D eigenvalue weighted by Crippen LogP contribution is 2.27. The van der Waals surface area contributed by atoms with Crippen molar-refractivity contribution < 1.29 is 9.72 Å². The molecule has 26 heavy (non-hydrogen) atoms. The molecule has 0 aliphatic rings. The Morgan fingerprint density at radius 1 is 1.31 bits per heavy atom. The van der Waals surface area contributed by atoms with E-state index in [1.807, 2.05) is 17.5 Å². The number of benzene rings is 1. The molecule has 0 radical (unpaired) electrons. The fourth-order valence-electron chi connectivity index (χ4n) is 2.18. The third-order valence-electron chi connectivity index (χ3n) is 3.36. The number of hydrogen-bond donors (Lipinski definition) is 1. The molecule has 8 nitrogen and oxygen atoms in total. The van der Waals surface area contributed by atoms with E-state index < -0.39 is 16.4 Å². The van der Waals surface area contributed by atoms with Crippen LogP contribution in [-0.4, -0.2) is 20.6 Å². The molecule has 10 heteroatoms. The van der Waals surface area contributed by atoms with Crippen molar-refractivity contribution in [1.29, 1.82) is 0 Å². The van der Waals surface area contributed by atoms with Gasteiger partial charge in [0.2, 0.25) is 5.91 Å². The average Bonchev–Trinajstić information content (AvgIpc) is 3.13. The van der Waals surface area contributed by atoms with Crippen LogP contribution in [0.5, 0.6) is 0 Å². The quantitative estimate of drug-likeness (QED) is 0.531. The minimum atomic E-state index is -0.644. The van der Waals surface area contributed by atoms with Crippen LogP contribution in [0.4, 0.5) is 11.4 Å². The molecular formula is C16H11ClN4O4S. The molecule has 0 aliphatic carbocycles. The van der Waals surface area contributed by atoms with E-state index in [0.29, 0.717) is 5.69 Å². The normalized spacial score (nSPS) is 10.5. The highest BCUT2D eigenvalue weighted by molar-refractivity contribution is 7.13. The van der Waals surface area contributed by atoms with Crippen molar-refractivity contribution >= 4 is 40.2 Å². The lowest BCUT2D eigenvalue weighted by atomic mass is 10.3. The van der Waals surface area contributed by atoms with Crippen molar-refractivity contribution in [2.45, 2.75) is 6.54 Å². The standard InChI is InChI=1S/C16H11ClN4O4S/c17-11-4-3-10(8-13(11)21(24)25)18-15(22)9-20-16(23)6-5-12(19-20)14-2-1-7-26-14/h1-8H,9H2,(H,18,22). The molecule has 2 heterocycles. The van der Waals surface area contributed by atoms with E-state index in [0.717, 1.165) is 15.6 Å². The van der Waals surface area contributed by atoms with Crippen molar-refractivity contribution in [2.75, 3.05) is 5.32 Å². The zero-order valence-corrected chi connectivity index (χ0v) is 14.7. The molecule has 0 aliphatic heterocycles. The number of hydrogen-bond acceptors (Lipinski definition) is 6. The van der Waals surface area contributed by atoms with Gasteiger partial charge >= 0.3 is 0 Å². The summed E-state index contributed by atoms with van der Waals surface area (Å²) in [5, 5.41) is 19.4. The Morgan fingerprint density at radius 2 is 2.12 bits per heavy atom. The maximum atomic E-state index is 12.2. The van der Waals surface area contributed by atoms with Gasteiger partial charge in [-0.15, -0.1) is 11.3 Å². The summed E-state index contributed by atoms with van der Waals surface area (Å²) < 4.78 is 1.04. The molecule has 1 aromatic carbocycles. The van der Waals surface area contributed by atoms with Gasteiger partial charge in [-0.2, -0.15) is 5.10 Å². The zero-order valence-electron chi connectivity index (χ0n) is 13.1. The van der Waals surface area contributed by atoms with E-state index in [1.165, 1.54) is 29.5 Å². The van der Waals surface area contributed by atoms with Crippen molar-refractivity contribution in [3.8, 4) is 10.6 Å². The predicted octanol–water partition coefficient (Wildman–Crippen LogP) is 3.17. The molecule has 0 spiro atoms. The number of anilines is 1. The van der Waals surface area contributed by atoms with E-state index in [4.69, 9.17) is 11.6 Å². The van der Waals surface area contributed by atoms with Crippen LogP contribution in [0.3, 0.4) is 0 Å². The molecule has 3 rings (SSSR count). The van der Waals surface area contributed by atoms with Crippen LogP contribution in [0, 0.1) is 10.1 Å². The first-order chi connectivity index (χ1) is 12.4. The highest BCUT2D eigenvalue weighted by Gasteiger charge is 2.15. The second-order valence-corrected chi connectivity index (χ2v) is 6.52. The third-order valence-corrected chi connectivity index (χ3v) is 4.57. The van der Waals surface area contributed by atoms with Crippen LogP contribution in [0.25, 0.3) is 10.6 Å². The van der Waals surface area contributed by atoms with Gasteiger partial charge in [0.25, 0.3) is 11.2 Å². The number of nitro groups is 1. The number of aromatic nitrogens is 2. The summed E-state index contributed by atoms with van der Waals surface area (Å²) in [5.41, 5.74) is 0.0325. The number of nitrogens with one attached hydrogen (secondary N) is 1. The summed E-state index contributed by atoms with van der Waals surface area (Å²) in [6.45, 7) is -0.325. The lowest BCUT2D eigenvalue weighted by Gasteiger charge is -2.08. The maximum absolute atomic E-state index is 12.2. The average molecular weight is 391 g/mol. The summed E-state index contributed by atoms with van der Waals surface area (Å²) in [4.78, 5) is 35.2. The number of carbonyl (C=O) groups is 1. The Kier molecular flexibility index (Phi) is 5.10. The summed E-state index contributed by atoms with van der Waals surface area (Å²) in [7, 11) is 0. The third kappa shape index (κ3) is 3.95. The number of nitrogens with zero attached hydrogens (tertiary/aromatic N) is 3. The molecule has 0 unspecified atom stereocenters. The van der Waals surface area contributed by atoms with Crippen LogP contribution in [0.2, 0.25) is 5.02 Å². The fourth-order valence-corrected chi connectivity index (χ4v) is 3.06. The van der Waals surface area contributed by atoms with Crippen molar-refractivity contribution in [3.63, 3.8) is 0 Å². The van der Waals surface area contributed by atoms with Crippen molar-refractivity contribution in [2.24, 2.45) is 0 Å². The first-order valence-corrected chi connectivity index (χ1v) is 8.55. The lowest BCUT2D eigenvalue weighted by Crippen LogP contribution is -2.29. The van der Waals surface area contributed by atoms with Gasteiger partial charge in [-0.25, -0.2) is 4.68 Å². The molecule has 2 aromatic heterocycles. The van der Waals surface area contributed by atoms with Gasteiger partial charge in [0, 0.05) is 17.8 Å². The molecule has 0 saturated heterocycles. The van der Waals surface area contributed by atoms with Gasteiger partial charge in [-0.05, 0) is 29.6 Å². The Bertz CT molecular complexity index is 1030. The number of nitro benzene ring substituents is 1. The number of thiophene rings is 1. The molecule has 3 aromatic rings. The zero-order chi connectivity index (χ0) is 18.7. The van der Waals surface area contributed by atoms with Crippen molar-refractivity contribution in [1.82, 2.24) is 9.78 Å². The second kappa shape index (κ2) is 7.46. The topological polar surface area (TPSA) is 107 Å². The van der Waals surface area contributed by atoms with Crippen LogP contribution in [0.1, 0.15) is 0 Å². The largest absolute Gasteiger partial charge is 0.324 e. The van der Waals surface area contributed by atoms with Gasteiger partial charge in [0.15, 0.2) is 0 Å². The van der Waals surface area contributed by atoms with Gasteiger partial charge in [-0.1, -0.05) is 17.7 Å². The number of carbonyl (C=O) groups excluding carboxylic acids is 1. The summed E-state index contributed by atoms with van der Waals surface area (Å²) >= 11 is 7.20. The van der Waals surface area contributed by atoms with Crippen LogP contribution < -0.4 is 10.9 Å². The van der Waals surface area contributed by atoms with E-state index in [2.05, 4.69) is 10.4 Å². The first-order valence-electron chi connectivity index (χ1n) is 7.30. The molecular weight excluding hydrogens is 380 g/mol. The van der Waals surface area contributed by atoms with Crippen molar-refractivity contribution in [3.05, 3.63) is 73.3 Å². The number of amides is 1. The van der Waals surface area contributed by atoms with Gasteiger partial charge in [0.1, 0.15) is 17.3 Å². The van der Waals surface area contributed by atoms with Gasteiger partial charge in [0.05, 0.1) is 9.80 Å². The minimum absolute atomic E-state index is 0.0328. The molecule has 132 valence electrons. The first kappa shape index (κ1) is 17.8. The Hall–Kier alpha value is -3.04. The SMILES string of the molecule is O=C(Cn1nc(-c2cccs2)ccc1=O)Nc1ccc(Cl)c([N+](=O)[O-])c1. The Labute approximate surface area is 155 Å². The van der Waals surface area contributed by atoms with Crippen LogP contribution >= 0.6 is 22.9 Å². The smallest absolute Gasteiger partial charge is 0.289 e. The van der Waals surface area contributed by atoms with Gasteiger partial charge in [-0.3, -0.25) is 19.7 Å². The monoisotopic (exact) mass is 390 g/mol. The molecule has 1 amide bonds. The highest BCUT2D eigenvalue weighted by atomic mass is 35.5. The molecule has 0 atom stereocenters. The summed E-state index contributed by atoms with van der Waals surface area (Å²) in [6.07, 6.45) is 0. The van der Waals surface area contributed by atoms with E-state index in [9.17, 15) is 19.7 Å². The lowest BCUT2D eigenvalue weighted by molar-refractivity contribution is -0.384. The summed E-state index contributed by atoms with van der Waals surface area (Å²) in [5.74, 6) is -0.542. The van der Waals surface area contributed by atoms with E-state index >= 15 is 0 Å². The van der Waals surface area contributed by atoms with E-state index in [1.54, 1.807) is 6.07 Å². The fraction of sp³-hybridized carbons (Fsp3) is 0.0625. The molecule has 0 saturated carbocycles. The molecule has 1 N–H and O–H groups in total. The van der Waals surface area contributed by atoms with Gasteiger partial charge < -0.3 is 5.32 Å². The number of halogens is 1. The van der Waals surface area contributed by atoms with Crippen LogP contribution in [0.15, 0.2) is 52.6 Å². The second-order valence-electron chi connectivity index (χ2n) is 5.16. The molecule has 0 fully saturated rings. The minimum Gasteiger partial charge on any atom is -0.324 e. The summed E-state index contributed by atoms with van der Waals surface area (Å²) in [6, 6.07) is 10.5. The predicted molar refractivity (Wildman–Crippen MR) is 98.5 cm³/mol. The molecule has 0 bridgehead atoms. The Balaban J connectivity index is 1.78. The Morgan fingerprint density at radius 3 is 2.81 bits per heavy atom. The number of rotatable bonds is 5. The van der Waals surface area contributed by atoms with E-state index in [-0.39, 0.29) is 22.9 Å². The van der Waals surface area contributed by atoms with Crippen LogP contribution in [-0.2, 0) is 11.3 Å².